The van der Waals surface area contributed by atoms with Crippen LogP contribution in [0.2, 0.25) is 0 Å². The summed E-state index contributed by atoms with van der Waals surface area (Å²) in [6, 6.07) is 11.2. The largest absolute Gasteiger partial charge is 0.352 e. The van der Waals surface area contributed by atoms with Crippen molar-refractivity contribution in [3.8, 4) is 0 Å². The lowest BCUT2D eigenvalue weighted by Crippen LogP contribution is -2.42. The van der Waals surface area contributed by atoms with Gasteiger partial charge >= 0.3 is 0 Å². The van der Waals surface area contributed by atoms with Gasteiger partial charge in [0.1, 0.15) is 0 Å². The normalized spacial score (nSPS) is 21.1. The maximum atomic E-state index is 12.1. The lowest BCUT2D eigenvalue weighted by molar-refractivity contribution is -0.123. The summed E-state index contributed by atoms with van der Waals surface area (Å²) in [5.41, 5.74) is 1.33. The second kappa shape index (κ2) is 6.89. The number of hydrogen-bond donors (Lipinski definition) is 1. The van der Waals surface area contributed by atoms with Crippen molar-refractivity contribution >= 4 is 5.91 Å². The van der Waals surface area contributed by atoms with Crippen LogP contribution < -0.4 is 5.32 Å². The van der Waals surface area contributed by atoms with Gasteiger partial charge in [-0.1, -0.05) is 44.2 Å². The molecule has 1 amide bonds. The number of carbonyl (C=O) groups excluding carboxylic acids is 1. The average molecular weight is 274 g/mol. The summed E-state index contributed by atoms with van der Waals surface area (Å²) in [4.78, 5) is 14.4. The van der Waals surface area contributed by atoms with Crippen molar-refractivity contribution in [2.45, 2.75) is 45.7 Å². The van der Waals surface area contributed by atoms with E-state index in [-0.39, 0.29) is 11.9 Å². The predicted molar refractivity (Wildman–Crippen MR) is 82.4 cm³/mol. The molecule has 1 aliphatic rings. The topological polar surface area (TPSA) is 32.3 Å². The van der Waals surface area contributed by atoms with E-state index < -0.39 is 0 Å². The lowest BCUT2D eigenvalue weighted by Gasteiger charge is -2.25. The van der Waals surface area contributed by atoms with Gasteiger partial charge in [0.05, 0.1) is 6.54 Å². The molecule has 0 bridgehead atoms. The fourth-order valence-corrected chi connectivity index (χ4v) is 2.72. The van der Waals surface area contributed by atoms with Crippen LogP contribution in [-0.4, -0.2) is 29.9 Å². The molecule has 0 spiro atoms. The number of carbonyl (C=O) groups is 1. The van der Waals surface area contributed by atoms with Gasteiger partial charge < -0.3 is 5.32 Å². The molecule has 1 aromatic rings. The first-order valence-corrected chi connectivity index (χ1v) is 7.66. The van der Waals surface area contributed by atoms with Crippen molar-refractivity contribution in [1.29, 1.82) is 0 Å². The molecule has 20 heavy (non-hydrogen) atoms. The second-order valence-electron chi connectivity index (χ2n) is 6.14. The summed E-state index contributed by atoms with van der Waals surface area (Å²) in [7, 11) is 0. The summed E-state index contributed by atoms with van der Waals surface area (Å²) < 4.78 is 0. The number of likely N-dealkylation sites (tertiary alicyclic amines) is 1. The highest BCUT2D eigenvalue weighted by Gasteiger charge is 2.27. The van der Waals surface area contributed by atoms with E-state index in [4.69, 9.17) is 0 Å². The number of benzene rings is 1. The van der Waals surface area contributed by atoms with Crippen molar-refractivity contribution in [2.75, 3.05) is 13.1 Å². The first-order valence-electron chi connectivity index (χ1n) is 7.66. The maximum absolute atomic E-state index is 12.1. The van der Waals surface area contributed by atoms with E-state index in [9.17, 15) is 4.79 Å². The Morgan fingerprint density at radius 2 is 2.00 bits per heavy atom. The molecule has 1 aromatic carbocycles. The molecule has 3 nitrogen and oxygen atoms in total. The van der Waals surface area contributed by atoms with Gasteiger partial charge in [0.15, 0.2) is 0 Å². The van der Waals surface area contributed by atoms with Crippen LogP contribution in [-0.2, 0) is 4.79 Å². The number of nitrogens with zero attached hydrogens (tertiary/aromatic N) is 1. The number of hydrogen-bond acceptors (Lipinski definition) is 2. The number of rotatable bonds is 5. The third-order valence-corrected chi connectivity index (χ3v) is 4.28. The monoisotopic (exact) mass is 274 g/mol. The second-order valence-corrected chi connectivity index (χ2v) is 6.14. The van der Waals surface area contributed by atoms with Crippen LogP contribution >= 0.6 is 0 Å². The van der Waals surface area contributed by atoms with E-state index in [1.54, 1.807) is 0 Å². The van der Waals surface area contributed by atoms with E-state index in [0.29, 0.717) is 18.5 Å². The molecular formula is C17H26N2O. The average Bonchev–Trinajstić information content (AvgIpc) is 2.87. The van der Waals surface area contributed by atoms with Gasteiger partial charge in [-0.2, -0.15) is 0 Å². The zero-order valence-corrected chi connectivity index (χ0v) is 12.8. The Bertz CT molecular complexity index is 430. The molecule has 1 heterocycles. The summed E-state index contributed by atoms with van der Waals surface area (Å²) >= 11 is 0. The van der Waals surface area contributed by atoms with E-state index in [0.717, 1.165) is 13.0 Å². The zero-order chi connectivity index (χ0) is 14.5. The molecule has 0 aromatic heterocycles. The van der Waals surface area contributed by atoms with Gasteiger partial charge in [-0.25, -0.2) is 0 Å². The minimum Gasteiger partial charge on any atom is -0.352 e. The lowest BCUT2D eigenvalue weighted by atomic mass is 10.0. The summed E-state index contributed by atoms with van der Waals surface area (Å²) in [6.07, 6.45) is 2.32. The molecular weight excluding hydrogens is 248 g/mol. The minimum absolute atomic E-state index is 0.147. The van der Waals surface area contributed by atoms with E-state index in [1.165, 1.54) is 12.0 Å². The Hall–Kier alpha value is -1.35. The predicted octanol–water partition coefficient (Wildman–Crippen LogP) is 2.98. The Morgan fingerprint density at radius 3 is 2.65 bits per heavy atom. The molecule has 2 atom stereocenters. The van der Waals surface area contributed by atoms with Gasteiger partial charge in [0, 0.05) is 12.1 Å². The van der Waals surface area contributed by atoms with E-state index in [2.05, 4.69) is 55.3 Å². The molecule has 110 valence electrons. The highest BCUT2D eigenvalue weighted by atomic mass is 16.2. The molecule has 2 unspecified atom stereocenters. The summed E-state index contributed by atoms with van der Waals surface area (Å²) in [5, 5.41) is 3.10. The molecule has 1 saturated heterocycles. The smallest absolute Gasteiger partial charge is 0.234 e. The fraction of sp³-hybridized carbons (Fsp3) is 0.588. The van der Waals surface area contributed by atoms with E-state index in [1.807, 2.05) is 6.07 Å². The molecule has 1 fully saturated rings. The quantitative estimate of drug-likeness (QED) is 0.895. The Labute approximate surface area is 122 Å². The molecule has 0 saturated carbocycles. The van der Waals surface area contributed by atoms with Crippen molar-refractivity contribution in [2.24, 2.45) is 5.92 Å². The standard InChI is InChI=1S/C17H26N2O/c1-13(2)14(3)18-17(20)12-19-11-7-10-16(19)15-8-5-4-6-9-15/h4-6,8-9,13-14,16H,7,10-12H2,1-3H3,(H,18,20). The van der Waals surface area contributed by atoms with Gasteiger partial charge in [0.2, 0.25) is 5.91 Å². The Kier molecular flexibility index (Phi) is 5.18. The molecule has 0 radical (unpaired) electrons. The third kappa shape index (κ3) is 3.83. The summed E-state index contributed by atoms with van der Waals surface area (Å²) in [6.45, 7) is 7.86. The first kappa shape index (κ1) is 15.0. The van der Waals surface area contributed by atoms with Crippen molar-refractivity contribution in [1.82, 2.24) is 10.2 Å². The summed E-state index contributed by atoms with van der Waals surface area (Å²) in [5.74, 6) is 0.622. The molecule has 0 aliphatic carbocycles. The fourth-order valence-electron chi connectivity index (χ4n) is 2.72. The Balaban J connectivity index is 1.93. The Morgan fingerprint density at radius 1 is 1.30 bits per heavy atom. The van der Waals surface area contributed by atoms with E-state index >= 15 is 0 Å². The number of amides is 1. The first-order chi connectivity index (χ1) is 9.58. The highest BCUT2D eigenvalue weighted by molar-refractivity contribution is 5.78. The maximum Gasteiger partial charge on any atom is 0.234 e. The molecule has 2 rings (SSSR count). The molecule has 1 aliphatic heterocycles. The van der Waals surface area contributed by atoms with Gasteiger partial charge in [0.25, 0.3) is 0 Å². The third-order valence-electron chi connectivity index (χ3n) is 4.28. The highest BCUT2D eigenvalue weighted by Crippen LogP contribution is 2.31. The van der Waals surface area contributed by atoms with Crippen LogP contribution in [0.15, 0.2) is 30.3 Å². The number of nitrogens with one attached hydrogen (secondary N) is 1. The van der Waals surface area contributed by atoms with Gasteiger partial charge in [-0.05, 0) is 37.8 Å². The van der Waals surface area contributed by atoms with Crippen LogP contribution in [0.1, 0.15) is 45.2 Å². The van der Waals surface area contributed by atoms with Crippen molar-refractivity contribution < 1.29 is 4.79 Å². The van der Waals surface area contributed by atoms with Crippen LogP contribution in [0.5, 0.6) is 0 Å². The van der Waals surface area contributed by atoms with Crippen molar-refractivity contribution in [3.05, 3.63) is 35.9 Å². The molecule has 1 N–H and O–H groups in total. The van der Waals surface area contributed by atoms with Crippen molar-refractivity contribution in [3.63, 3.8) is 0 Å². The van der Waals surface area contributed by atoms with Gasteiger partial charge in [-0.3, -0.25) is 9.69 Å². The SMILES string of the molecule is CC(C)C(C)NC(=O)CN1CCCC1c1ccccc1. The van der Waals surface area contributed by atoms with Gasteiger partial charge in [-0.15, -0.1) is 0 Å². The zero-order valence-electron chi connectivity index (χ0n) is 12.8. The molecule has 3 heteroatoms. The van der Waals surface area contributed by atoms with Crippen LogP contribution in [0, 0.1) is 5.92 Å². The van der Waals surface area contributed by atoms with Crippen LogP contribution in [0.3, 0.4) is 0 Å². The minimum atomic E-state index is 0.147. The van der Waals surface area contributed by atoms with Crippen LogP contribution in [0.25, 0.3) is 0 Å². The van der Waals surface area contributed by atoms with Crippen LogP contribution in [0.4, 0.5) is 0 Å².